The fourth-order valence-electron chi connectivity index (χ4n) is 2.36. The first kappa shape index (κ1) is 16.1. The minimum absolute atomic E-state index is 0.137. The van der Waals surface area contributed by atoms with Crippen LogP contribution in [0.2, 0.25) is 0 Å². The first-order valence-corrected chi connectivity index (χ1v) is 8.32. The molecule has 0 saturated carbocycles. The third kappa shape index (κ3) is 3.44. The number of rotatable bonds is 4. The molecule has 0 fully saturated rings. The van der Waals surface area contributed by atoms with Gasteiger partial charge in [0.2, 0.25) is 4.80 Å². The summed E-state index contributed by atoms with van der Waals surface area (Å²) in [6.07, 6.45) is 0. The maximum absolute atomic E-state index is 11.2. The predicted octanol–water partition coefficient (Wildman–Crippen LogP) is 3.42. The average molecular weight is 339 g/mol. The SMILES string of the molecule is C/C(=N\N=c1\sc2ccccc2n1CC(=O)O)c1ccc(C)cc1. The normalized spacial score (nSPS) is 12.8. The molecule has 0 radical (unpaired) electrons. The zero-order valence-electron chi connectivity index (χ0n) is 13.4. The van der Waals surface area contributed by atoms with Crippen LogP contribution >= 0.6 is 11.3 Å². The van der Waals surface area contributed by atoms with Gasteiger partial charge in [0.1, 0.15) is 6.54 Å². The predicted molar refractivity (Wildman–Crippen MR) is 96.4 cm³/mol. The van der Waals surface area contributed by atoms with Gasteiger partial charge in [-0.15, -0.1) is 5.10 Å². The van der Waals surface area contributed by atoms with Crippen molar-refractivity contribution in [2.45, 2.75) is 20.4 Å². The molecule has 2 aromatic carbocycles. The second-order valence-corrected chi connectivity index (χ2v) is 6.49. The highest BCUT2D eigenvalue weighted by atomic mass is 32.1. The topological polar surface area (TPSA) is 67.0 Å². The van der Waals surface area contributed by atoms with Gasteiger partial charge < -0.3 is 9.67 Å². The second kappa shape index (κ2) is 6.80. The quantitative estimate of drug-likeness (QED) is 0.584. The number of carbonyl (C=O) groups is 1. The van der Waals surface area contributed by atoms with E-state index in [2.05, 4.69) is 10.2 Å². The fraction of sp³-hybridized carbons (Fsp3) is 0.167. The maximum Gasteiger partial charge on any atom is 0.323 e. The molecule has 3 aromatic rings. The molecule has 0 aliphatic heterocycles. The number of aryl methyl sites for hydroxylation is 1. The van der Waals surface area contributed by atoms with Crippen LogP contribution in [0, 0.1) is 6.92 Å². The molecule has 0 bridgehead atoms. The molecule has 1 aromatic heterocycles. The lowest BCUT2D eigenvalue weighted by atomic mass is 10.1. The summed E-state index contributed by atoms with van der Waals surface area (Å²) in [7, 11) is 0. The molecule has 1 N–H and O–H groups in total. The number of hydrogen-bond donors (Lipinski definition) is 1. The highest BCUT2D eigenvalue weighted by Gasteiger charge is 2.08. The Balaban J connectivity index is 2.07. The largest absolute Gasteiger partial charge is 0.480 e. The van der Waals surface area contributed by atoms with Crippen molar-refractivity contribution in [2.24, 2.45) is 10.2 Å². The van der Waals surface area contributed by atoms with Gasteiger partial charge >= 0.3 is 5.97 Å². The van der Waals surface area contributed by atoms with Gasteiger partial charge in [-0.2, -0.15) is 5.10 Å². The Labute approximate surface area is 143 Å². The molecule has 122 valence electrons. The molecule has 0 amide bonds. The summed E-state index contributed by atoms with van der Waals surface area (Å²) in [4.78, 5) is 11.7. The van der Waals surface area contributed by atoms with Gasteiger partial charge in [0.05, 0.1) is 15.9 Å². The lowest BCUT2D eigenvalue weighted by molar-refractivity contribution is -0.137. The second-order valence-electron chi connectivity index (χ2n) is 5.48. The number of benzene rings is 2. The third-order valence-electron chi connectivity index (χ3n) is 3.64. The van der Waals surface area contributed by atoms with Crippen LogP contribution in [0.15, 0.2) is 58.7 Å². The number of carboxylic acids is 1. The molecule has 0 spiro atoms. The summed E-state index contributed by atoms with van der Waals surface area (Å²) in [6, 6.07) is 15.7. The molecule has 24 heavy (non-hydrogen) atoms. The van der Waals surface area contributed by atoms with Crippen LogP contribution in [-0.2, 0) is 11.3 Å². The summed E-state index contributed by atoms with van der Waals surface area (Å²) in [5, 5.41) is 17.8. The van der Waals surface area contributed by atoms with E-state index >= 15 is 0 Å². The van der Waals surface area contributed by atoms with Crippen molar-refractivity contribution in [3.05, 3.63) is 64.5 Å². The number of thiazole rings is 1. The van der Waals surface area contributed by atoms with Crippen molar-refractivity contribution >= 4 is 33.2 Å². The summed E-state index contributed by atoms with van der Waals surface area (Å²) in [5.41, 5.74) is 3.82. The Hall–Kier alpha value is -2.73. The van der Waals surface area contributed by atoms with Crippen molar-refractivity contribution in [3.63, 3.8) is 0 Å². The number of fused-ring (bicyclic) bond motifs is 1. The van der Waals surface area contributed by atoms with E-state index in [1.54, 1.807) is 4.57 Å². The molecule has 5 nitrogen and oxygen atoms in total. The van der Waals surface area contributed by atoms with E-state index in [-0.39, 0.29) is 6.54 Å². The smallest absolute Gasteiger partial charge is 0.323 e. The molecule has 0 unspecified atom stereocenters. The molecule has 1 heterocycles. The van der Waals surface area contributed by atoms with Crippen LogP contribution in [0.4, 0.5) is 0 Å². The van der Waals surface area contributed by atoms with E-state index in [4.69, 9.17) is 5.11 Å². The first-order chi connectivity index (χ1) is 11.5. The lowest BCUT2D eigenvalue weighted by Crippen LogP contribution is -2.19. The Morgan fingerprint density at radius 2 is 1.88 bits per heavy atom. The first-order valence-electron chi connectivity index (χ1n) is 7.50. The van der Waals surface area contributed by atoms with E-state index in [1.165, 1.54) is 16.9 Å². The number of aliphatic carboxylic acids is 1. The molecule has 0 aliphatic carbocycles. The minimum atomic E-state index is -0.903. The molecule has 0 aliphatic rings. The lowest BCUT2D eigenvalue weighted by Gasteiger charge is -2.01. The number of para-hydroxylation sites is 1. The van der Waals surface area contributed by atoms with Gasteiger partial charge in [-0.25, -0.2) is 0 Å². The summed E-state index contributed by atoms with van der Waals surface area (Å²) in [5.74, 6) is -0.903. The van der Waals surface area contributed by atoms with E-state index < -0.39 is 5.97 Å². The highest BCUT2D eigenvalue weighted by Crippen LogP contribution is 2.16. The molecule has 0 saturated heterocycles. The fourth-order valence-corrected chi connectivity index (χ4v) is 3.34. The Morgan fingerprint density at radius 1 is 1.17 bits per heavy atom. The Morgan fingerprint density at radius 3 is 2.58 bits per heavy atom. The average Bonchev–Trinajstić information content (AvgIpc) is 2.90. The highest BCUT2D eigenvalue weighted by molar-refractivity contribution is 7.16. The van der Waals surface area contributed by atoms with Gasteiger partial charge in [-0.05, 0) is 31.5 Å². The monoisotopic (exact) mass is 339 g/mol. The molecule has 6 heteroatoms. The third-order valence-corrected chi connectivity index (χ3v) is 4.69. The number of nitrogens with zero attached hydrogens (tertiary/aromatic N) is 3. The summed E-state index contributed by atoms with van der Waals surface area (Å²) in [6.45, 7) is 3.79. The van der Waals surface area contributed by atoms with Gasteiger partial charge in [0.15, 0.2) is 0 Å². The number of carboxylic acid groups (broad SMARTS) is 1. The molecule has 3 rings (SSSR count). The standard InChI is InChI=1S/C18H17N3O2S/c1-12-7-9-14(10-8-12)13(2)19-20-18-21(11-17(22)23)15-5-3-4-6-16(15)24-18/h3-10H,11H2,1-2H3,(H,22,23)/b19-13+,20-18+. The zero-order chi connectivity index (χ0) is 17.1. The molecular weight excluding hydrogens is 322 g/mol. The van der Waals surface area contributed by atoms with Crippen LogP contribution in [-0.4, -0.2) is 21.4 Å². The maximum atomic E-state index is 11.2. The molecule has 0 atom stereocenters. The van der Waals surface area contributed by atoms with E-state index in [0.29, 0.717) is 4.80 Å². The van der Waals surface area contributed by atoms with Crippen LogP contribution < -0.4 is 4.80 Å². The van der Waals surface area contributed by atoms with Crippen molar-refractivity contribution in [2.75, 3.05) is 0 Å². The van der Waals surface area contributed by atoms with Crippen LogP contribution in [0.5, 0.6) is 0 Å². The van der Waals surface area contributed by atoms with Crippen molar-refractivity contribution in [1.82, 2.24) is 4.57 Å². The summed E-state index contributed by atoms with van der Waals surface area (Å²) >= 11 is 1.43. The van der Waals surface area contributed by atoms with Crippen LogP contribution in [0.1, 0.15) is 18.1 Å². The van der Waals surface area contributed by atoms with Gasteiger partial charge in [0, 0.05) is 0 Å². The van der Waals surface area contributed by atoms with E-state index in [0.717, 1.165) is 21.5 Å². The van der Waals surface area contributed by atoms with Crippen molar-refractivity contribution < 1.29 is 9.90 Å². The van der Waals surface area contributed by atoms with Crippen molar-refractivity contribution in [1.29, 1.82) is 0 Å². The van der Waals surface area contributed by atoms with E-state index in [9.17, 15) is 4.79 Å². The van der Waals surface area contributed by atoms with Gasteiger partial charge in [-0.3, -0.25) is 4.79 Å². The number of aromatic nitrogens is 1. The van der Waals surface area contributed by atoms with Gasteiger partial charge in [-0.1, -0.05) is 53.3 Å². The number of hydrogen-bond acceptors (Lipinski definition) is 4. The van der Waals surface area contributed by atoms with Crippen LogP contribution in [0.25, 0.3) is 10.2 Å². The van der Waals surface area contributed by atoms with E-state index in [1.807, 2.05) is 62.4 Å². The summed E-state index contributed by atoms with van der Waals surface area (Å²) < 4.78 is 2.66. The van der Waals surface area contributed by atoms with Crippen LogP contribution in [0.3, 0.4) is 0 Å². The Bertz CT molecular complexity index is 981. The Kier molecular flexibility index (Phi) is 4.57. The van der Waals surface area contributed by atoms with Crippen molar-refractivity contribution in [3.8, 4) is 0 Å². The molecular formula is C18H17N3O2S. The zero-order valence-corrected chi connectivity index (χ0v) is 14.2. The van der Waals surface area contributed by atoms with Gasteiger partial charge in [0.25, 0.3) is 0 Å². The minimum Gasteiger partial charge on any atom is -0.480 e.